The summed E-state index contributed by atoms with van der Waals surface area (Å²) in [6, 6.07) is 19.7. The molecule has 10 heteroatoms. The number of sulfone groups is 1. The lowest BCUT2D eigenvalue weighted by Crippen LogP contribution is -2.07. The van der Waals surface area contributed by atoms with E-state index in [0.717, 1.165) is 17.0 Å². The largest absolute Gasteiger partial charge is 0.457 e. The van der Waals surface area contributed by atoms with Gasteiger partial charge >= 0.3 is 6.18 Å². The average molecular weight is 493 g/mol. The molecule has 0 fully saturated rings. The molecule has 0 aliphatic rings. The monoisotopic (exact) mass is 492 g/mol. The van der Waals surface area contributed by atoms with Crippen molar-refractivity contribution in [3.8, 4) is 28.4 Å². The van der Waals surface area contributed by atoms with Crippen LogP contribution in [0.15, 0.2) is 83.8 Å². The highest BCUT2D eigenvalue weighted by Crippen LogP contribution is 2.35. The number of nitrogens with zero attached hydrogens (tertiary/aromatic N) is 2. The van der Waals surface area contributed by atoms with Crippen LogP contribution in [0.2, 0.25) is 5.02 Å². The van der Waals surface area contributed by atoms with Crippen molar-refractivity contribution in [2.24, 2.45) is 0 Å². The van der Waals surface area contributed by atoms with Crippen molar-refractivity contribution in [3.05, 3.63) is 89.6 Å². The maximum atomic E-state index is 13.4. The zero-order chi connectivity index (χ0) is 23.8. The third-order valence-corrected chi connectivity index (χ3v) is 6.13. The lowest BCUT2D eigenvalue weighted by atomic mass is 10.1. The molecular weight excluding hydrogens is 477 g/mol. The molecular formula is C23H16ClF3N2O3S. The number of alkyl halides is 3. The van der Waals surface area contributed by atoms with E-state index in [9.17, 15) is 21.6 Å². The Morgan fingerprint density at radius 3 is 2.24 bits per heavy atom. The van der Waals surface area contributed by atoms with Crippen LogP contribution in [0.4, 0.5) is 13.2 Å². The molecule has 0 saturated heterocycles. The van der Waals surface area contributed by atoms with Gasteiger partial charge in [-0.15, -0.1) is 0 Å². The van der Waals surface area contributed by atoms with Crippen molar-refractivity contribution in [1.82, 2.24) is 9.78 Å². The van der Waals surface area contributed by atoms with Crippen LogP contribution in [-0.4, -0.2) is 24.5 Å². The van der Waals surface area contributed by atoms with E-state index in [1.54, 1.807) is 60.7 Å². The molecule has 3 aromatic carbocycles. The topological polar surface area (TPSA) is 61.2 Å². The van der Waals surface area contributed by atoms with Gasteiger partial charge in [0, 0.05) is 11.8 Å². The van der Waals surface area contributed by atoms with E-state index >= 15 is 0 Å². The number of benzene rings is 3. The van der Waals surface area contributed by atoms with E-state index in [4.69, 9.17) is 16.3 Å². The molecule has 170 valence electrons. The molecule has 0 spiro atoms. The van der Waals surface area contributed by atoms with E-state index in [2.05, 4.69) is 5.10 Å². The van der Waals surface area contributed by atoms with Crippen LogP contribution in [0.3, 0.4) is 0 Å². The minimum absolute atomic E-state index is 0.111. The second kappa shape index (κ2) is 8.57. The fourth-order valence-electron chi connectivity index (χ4n) is 3.13. The van der Waals surface area contributed by atoms with Crippen molar-refractivity contribution < 1.29 is 26.3 Å². The molecule has 5 nitrogen and oxygen atoms in total. The van der Waals surface area contributed by atoms with Crippen LogP contribution in [0.5, 0.6) is 11.5 Å². The van der Waals surface area contributed by atoms with Crippen LogP contribution in [0.25, 0.3) is 16.9 Å². The molecule has 0 aliphatic carbocycles. The molecule has 33 heavy (non-hydrogen) atoms. The summed E-state index contributed by atoms with van der Waals surface area (Å²) < 4.78 is 70.4. The summed E-state index contributed by atoms with van der Waals surface area (Å²) in [4.78, 5) is 0.111. The molecule has 0 aliphatic heterocycles. The van der Waals surface area contributed by atoms with Gasteiger partial charge in [0.2, 0.25) is 0 Å². The van der Waals surface area contributed by atoms with Gasteiger partial charge in [0.15, 0.2) is 15.5 Å². The number of ether oxygens (including phenoxy) is 1. The van der Waals surface area contributed by atoms with Crippen molar-refractivity contribution in [1.29, 1.82) is 0 Å². The third-order valence-electron chi connectivity index (χ3n) is 4.70. The Kier molecular flexibility index (Phi) is 5.94. The minimum atomic E-state index is -4.63. The zero-order valence-corrected chi connectivity index (χ0v) is 18.6. The highest BCUT2D eigenvalue weighted by Gasteiger charge is 2.35. The van der Waals surface area contributed by atoms with Crippen molar-refractivity contribution in [2.45, 2.75) is 11.1 Å². The molecule has 1 heterocycles. The number of rotatable bonds is 5. The summed E-state index contributed by atoms with van der Waals surface area (Å²) >= 11 is 6.20. The van der Waals surface area contributed by atoms with Gasteiger partial charge in [-0.1, -0.05) is 29.8 Å². The Labute approximate surface area is 192 Å². The zero-order valence-electron chi connectivity index (χ0n) is 17.0. The van der Waals surface area contributed by atoms with Crippen LogP contribution < -0.4 is 4.74 Å². The Bertz CT molecular complexity index is 1420. The van der Waals surface area contributed by atoms with Gasteiger partial charge in [0.05, 0.1) is 21.3 Å². The number of hydrogen-bond acceptors (Lipinski definition) is 4. The van der Waals surface area contributed by atoms with E-state index in [1.165, 1.54) is 12.1 Å². The first-order valence-corrected chi connectivity index (χ1v) is 11.8. The summed E-state index contributed by atoms with van der Waals surface area (Å²) in [5, 5.41) is 3.98. The van der Waals surface area contributed by atoms with Gasteiger partial charge in [-0.2, -0.15) is 18.3 Å². The van der Waals surface area contributed by atoms with Gasteiger partial charge in [-0.3, -0.25) is 0 Å². The average Bonchev–Trinajstić information content (AvgIpc) is 3.20. The molecule has 1 aromatic heterocycles. The van der Waals surface area contributed by atoms with Gasteiger partial charge in [-0.05, 0) is 60.7 Å². The maximum Gasteiger partial charge on any atom is 0.435 e. The van der Waals surface area contributed by atoms with E-state index in [-0.39, 0.29) is 15.6 Å². The molecule has 0 radical (unpaired) electrons. The smallest absolute Gasteiger partial charge is 0.435 e. The quantitative estimate of drug-likeness (QED) is 0.323. The van der Waals surface area contributed by atoms with E-state index < -0.39 is 21.7 Å². The van der Waals surface area contributed by atoms with Crippen molar-refractivity contribution >= 4 is 21.4 Å². The lowest BCUT2D eigenvalue weighted by Gasteiger charge is -2.11. The fraction of sp³-hybridized carbons (Fsp3) is 0.0870. The van der Waals surface area contributed by atoms with E-state index in [1.807, 2.05) is 0 Å². The highest BCUT2D eigenvalue weighted by atomic mass is 35.5. The summed E-state index contributed by atoms with van der Waals surface area (Å²) in [5.41, 5.74) is -0.0888. The lowest BCUT2D eigenvalue weighted by molar-refractivity contribution is -0.141. The molecule has 0 bridgehead atoms. The second-order valence-corrected chi connectivity index (χ2v) is 9.57. The minimum Gasteiger partial charge on any atom is -0.457 e. The Balaban J connectivity index is 1.70. The number of hydrogen-bond donors (Lipinski definition) is 0. The van der Waals surface area contributed by atoms with Crippen molar-refractivity contribution in [3.63, 3.8) is 0 Å². The number of para-hydroxylation sites is 1. The summed E-state index contributed by atoms with van der Waals surface area (Å²) in [6.45, 7) is 0. The number of halogens is 4. The first kappa shape index (κ1) is 22.9. The molecule has 0 amide bonds. The molecule has 0 saturated carbocycles. The Hall–Kier alpha value is -3.30. The highest BCUT2D eigenvalue weighted by molar-refractivity contribution is 7.90. The Morgan fingerprint density at radius 1 is 0.909 bits per heavy atom. The van der Waals surface area contributed by atoms with Gasteiger partial charge < -0.3 is 4.74 Å². The van der Waals surface area contributed by atoms with Crippen LogP contribution in [0, 0.1) is 0 Å². The predicted octanol–water partition coefficient (Wildman–Crippen LogP) is 6.41. The first-order valence-electron chi connectivity index (χ1n) is 9.53. The standard InChI is InChI=1S/C23H16ClF3N2O3S/c1-33(30,31)18-6-4-5-17(13-18)32-16-11-9-15(10-12-16)21-14-22(23(25,26)27)28-29(21)20-8-3-2-7-19(20)24/h2-14H,1H3. The molecule has 4 aromatic rings. The first-order chi connectivity index (χ1) is 15.5. The number of aromatic nitrogens is 2. The maximum absolute atomic E-state index is 13.4. The summed E-state index contributed by atoms with van der Waals surface area (Å²) in [6.07, 6.45) is -3.53. The Morgan fingerprint density at radius 2 is 1.61 bits per heavy atom. The SMILES string of the molecule is CS(=O)(=O)c1cccc(Oc2ccc(-c3cc(C(F)(F)F)nn3-c3ccccc3Cl)cc2)c1. The molecule has 0 unspecified atom stereocenters. The predicted molar refractivity (Wildman–Crippen MR) is 119 cm³/mol. The van der Waals surface area contributed by atoms with Gasteiger partial charge in [0.1, 0.15) is 11.5 Å². The molecule has 0 N–H and O–H groups in total. The van der Waals surface area contributed by atoms with Gasteiger partial charge in [0.25, 0.3) is 0 Å². The van der Waals surface area contributed by atoms with Gasteiger partial charge in [-0.25, -0.2) is 13.1 Å². The van der Waals surface area contributed by atoms with Crippen LogP contribution in [0.1, 0.15) is 5.69 Å². The van der Waals surface area contributed by atoms with E-state index in [0.29, 0.717) is 22.7 Å². The van der Waals surface area contributed by atoms with Crippen LogP contribution in [-0.2, 0) is 16.0 Å². The molecule has 4 rings (SSSR count). The van der Waals surface area contributed by atoms with Crippen molar-refractivity contribution in [2.75, 3.05) is 6.26 Å². The second-order valence-electron chi connectivity index (χ2n) is 7.15. The summed E-state index contributed by atoms with van der Waals surface area (Å²) in [7, 11) is -3.40. The summed E-state index contributed by atoms with van der Waals surface area (Å²) in [5.74, 6) is 0.690. The fourth-order valence-corrected chi connectivity index (χ4v) is 4.00. The van der Waals surface area contributed by atoms with Crippen LogP contribution >= 0.6 is 11.6 Å². The normalized spacial score (nSPS) is 12.0. The third kappa shape index (κ3) is 5.04. The molecule has 0 atom stereocenters.